The van der Waals surface area contributed by atoms with Crippen molar-refractivity contribution < 1.29 is 4.79 Å². The minimum Gasteiger partial charge on any atom is -0.398 e. The molecule has 0 heterocycles. The molecule has 0 aromatic heterocycles. The molecule has 0 saturated heterocycles. The lowest BCUT2D eigenvalue weighted by atomic mass is 10.1. The van der Waals surface area contributed by atoms with Gasteiger partial charge in [0, 0.05) is 10.2 Å². The van der Waals surface area contributed by atoms with E-state index in [9.17, 15) is 4.79 Å². The van der Waals surface area contributed by atoms with Crippen molar-refractivity contribution in [2.75, 3.05) is 11.1 Å². The average molecular weight is 360 g/mol. The highest BCUT2D eigenvalue weighted by molar-refractivity contribution is 9.10. The number of nitrogen functional groups attached to an aromatic ring is 1. The smallest absolute Gasteiger partial charge is 0.257 e. The van der Waals surface area contributed by atoms with Crippen LogP contribution < -0.4 is 11.1 Å². The van der Waals surface area contributed by atoms with Gasteiger partial charge in [-0.3, -0.25) is 4.79 Å². The van der Waals surface area contributed by atoms with E-state index in [1.54, 1.807) is 36.4 Å². The third kappa shape index (κ3) is 3.03. The van der Waals surface area contributed by atoms with Gasteiger partial charge in [-0.05, 0) is 40.2 Å². The molecular formula is C13H9BrCl2N2O. The van der Waals surface area contributed by atoms with E-state index in [4.69, 9.17) is 28.9 Å². The highest BCUT2D eigenvalue weighted by atomic mass is 79.9. The molecule has 0 saturated carbocycles. The summed E-state index contributed by atoms with van der Waals surface area (Å²) in [6.45, 7) is 0. The Hall–Kier alpha value is -1.23. The van der Waals surface area contributed by atoms with Crippen LogP contribution >= 0.6 is 39.1 Å². The monoisotopic (exact) mass is 358 g/mol. The molecule has 0 aliphatic rings. The van der Waals surface area contributed by atoms with E-state index in [1.165, 1.54) is 0 Å². The molecule has 0 spiro atoms. The number of hydrogen-bond acceptors (Lipinski definition) is 2. The number of carbonyl (C=O) groups excluding carboxylic acids is 1. The Bertz CT molecular complexity index is 647. The molecule has 2 aromatic rings. The van der Waals surface area contributed by atoms with Gasteiger partial charge in [0.1, 0.15) is 0 Å². The molecule has 6 heteroatoms. The highest BCUT2D eigenvalue weighted by Gasteiger charge is 2.13. The van der Waals surface area contributed by atoms with Gasteiger partial charge in [-0.25, -0.2) is 0 Å². The molecule has 0 aliphatic heterocycles. The predicted octanol–water partition coefficient (Wildman–Crippen LogP) is 4.59. The molecule has 19 heavy (non-hydrogen) atoms. The van der Waals surface area contributed by atoms with Crippen molar-refractivity contribution in [1.29, 1.82) is 0 Å². The third-order valence-electron chi connectivity index (χ3n) is 2.49. The minimum atomic E-state index is -0.335. The SMILES string of the molecule is Nc1ccccc1C(=O)Nc1ccc(Br)c(Cl)c1Cl. The van der Waals surface area contributed by atoms with Crippen molar-refractivity contribution in [1.82, 2.24) is 0 Å². The van der Waals surface area contributed by atoms with Gasteiger partial charge in [-0.1, -0.05) is 35.3 Å². The first-order valence-electron chi connectivity index (χ1n) is 5.30. The molecule has 0 fully saturated rings. The maximum absolute atomic E-state index is 12.1. The second-order valence-corrected chi connectivity index (χ2v) is 5.37. The quantitative estimate of drug-likeness (QED) is 0.608. The van der Waals surface area contributed by atoms with Crippen LogP contribution in [0, 0.1) is 0 Å². The van der Waals surface area contributed by atoms with E-state index >= 15 is 0 Å². The minimum absolute atomic E-state index is 0.277. The van der Waals surface area contributed by atoms with Gasteiger partial charge in [0.25, 0.3) is 5.91 Å². The molecule has 2 aromatic carbocycles. The lowest BCUT2D eigenvalue weighted by molar-refractivity contribution is 0.102. The fourth-order valence-electron chi connectivity index (χ4n) is 1.52. The molecule has 1 amide bonds. The Morgan fingerprint density at radius 2 is 1.79 bits per heavy atom. The first-order valence-corrected chi connectivity index (χ1v) is 6.85. The van der Waals surface area contributed by atoms with E-state index < -0.39 is 0 Å². The molecule has 0 radical (unpaired) electrons. The number of halogens is 3. The number of carbonyl (C=O) groups is 1. The summed E-state index contributed by atoms with van der Waals surface area (Å²) in [4.78, 5) is 12.1. The Labute approximate surface area is 128 Å². The number of nitrogens with two attached hydrogens (primary N) is 1. The van der Waals surface area contributed by atoms with Crippen LogP contribution in [-0.4, -0.2) is 5.91 Å². The van der Waals surface area contributed by atoms with Gasteiger partial charge < -0.3 is 11.1 Å². The van der Waals surface area contributed by atoms with E-state index in [0.29, 0.717) is 26.4 Å². The maximum atomic E-state index is 12.1. The van der Waals surface area contributed by atoms with Crippen LogP contribution in [-0.2, 0) is 0 Å². The molecule has 2 rings (SSSR count). The molecule has 0 atom stereocenters. The fourth-order valence-corrected chi connectivity index (χ4v) is 2.34. The van der Waals surface area contributed by atoms with Crippen molar-refractivity contribution in [2.24, 2.45) is 0 Å². The van der Waals surface area contributed by atoms with Gasteiger partial charge in [0.05, 0.1) is 21.3 Å². The number of para-hydroxylation sites is 1. The van der Waals surface area contributed by atoms with E-state index in [1.807, 2.05) is 0 Å². The highest BCUT2D eigenvalue weighted by Crippen LogP contribution is 2.36. The molecule has 98 valence electrons. The summed E-state index contributed by atoms with van der Waals surface area (Å²) in [5.74, 6) is -0.335. The van der Waals surface area contributed by atoms with Crippen molar-refractivity contribution in [3.05, 3.63) is 56.5 Å². The molecule has 3 nitrogen and oxygen atoms in total. The van der Waals surface area contributed by atoms with Crippen molar-refractivity contribution in [2.45, 2.75) is 0 Å². The summed E-state index contributed by atoms with van der Waals surface area (Å²) in [6.07, 6.45) is 0. The first kappa shape index (κ1) is 14.2. The van der Waals surface area contributed by atoms with Gasteiger partial charge in [0.2, 0.25) is 0 Å². The molecule has 0 aliphatic carbocycles. The Morgan fingerprint density at radius 3 is 2.47 bits per heavy atom. The fraction of sp³-hybridized carbons (Fsp3) is 0. The Balaban J connectivity index is 2.30. The summed E-state index contributed by atoms with van der Waals surface area (Å²) < 4.78 is 0.663. The second kappa shape index (κ2) is 5.82. The maximum Gasteiger partial charge on any atom is 0.257 e. The van der Waals surface area contributed by atoms with Crippen LogP contribution in [0.2, 0.25) is 10.0 Å². The van der Waals surface area contributed by atoms with Crippen molar-refractivity contribution in [3.8, 4) is 0 Å². The van der Waals surface area contributed by atoms with Crippen LogP contribution in [0.25, 0.3) is 0 Å². The number of nitrogens with one attached hydrogen (secondary N) is 1. The predicted molar refractivity (Wildman–Crippen MR) is 83.0 cm³/mol. The van der Waals surface area contributed by atoms with Gasteiger partial charge in [-0.15, -0.1) is 0 Å². The van der Waals surface area contributed by atoms with Gasteiger partial charge in [0.15, 0.2) is 0 Å². The number of amides is 1. The van der Waals surface area contributed by atoms with Crippen LogP contribution in [0.15, 0.2) is 40.9 Å². The normalized spacial score (nSPS) is 10.3. The number of rotatable bonds is 2. The van der Waals surface area contributed by atoms with Crippen LogP contribution in [0.1, 0.15) is 10.4 Å². The van der Waals surface area contributed by atoms with Crippen LogP contribution in [0.3, 0.4) is 0 Å². The Kier molecular flexibility index (Phi) is 4.34. The summed E-state index contributed by atoms with van der Waals surface area (Å²) in [5.41, 5.74) is 6.96. The number of benzene rings is 2. The lowest BCUT2D eigenvalue weighted by Gasteiger charge is -2.10. The summed E-state index contributed by atoms with van der Waals surface area (Å²) in [7, 11) is 0. The van der Waals surface area contributed by atoms with Crippen LogP contribution in [0.4, 0.5) is 11.4 Å². The number of hydrogen-bond donors (Lipinski definition) is 2. The largest absolute Gasteiger partial charge is 0.398 e. The molecule has 0 unspecified atom stereocenters. The zero-order chi connectivity index (χ0) is 14.0. The van der Waals surface area contributed by atoms with E-state index in [2.05, 4.69) is 21.2 Å². The molecule has 3 N–H and O–H groups in total. The summed E-state index contributed by atoms with van der Waals surface area (Å²) in [5, 5.41) is 3.30. The first-order chi connectivity index (χ1) is 9.00. The number of anilines is 2. The van der Waals surface area contributed by atoms with E-state index in [-0.39, 0.29) is 10.9 Å². The molecular weight excluding hydrogens is 351 g/mol. The summed E-state index contributed by atoms with van der Waals surface area (Å²) >= 11 is 15.3. The Morgan fingerprint density at radius 1 is 1.11 bits per heavy atom. The standard InChI is InChI=1S/C13H9BrCl2N2O/c14-8-5-6-10(12(16)11(8)15)18-13(19)7-3-1-2-4-9(7)17/h1-6H,17H2,(H,18,19). The summed E-state index contributed by atoms with van der Waals surface area (Å²) in [6, 6.07) is 10.2. The van der Waals surface area contributed by atoms with Crippen molar-refractivity contribution >= 4 is 56.4 Å². The van der Waals surface area contributed by atoms with E-state index in [0.717, 1.165) is 0 Å². The van der Waals surface area contributed by atoms with Crippen LogP contribution in [0.5, 0.6) is 0 Å². The third-order valence-corrected chi connectivity index (χ3v) is 4.26. The average Bonchev–Trinajstić information content (AvgIpc) is 2.40. The topological polar surface area (TPSA) is 55.1 Å². The molecule has 0 bridgehead atoms. The zero-order valence-electron chi connectivity index (χ0n) is 9.58. The van der Waals surface area contributed by atoms with Crippen molar-refractivity contribution in [3.63, 3.8) is 0 Å². The van der Waals surface area contributed by atoms with Gasteiger partial charge >= 0.3 is 0 Å². The zero-order valence-corrected chi connectivity index (χ0v) is 12.7. The second-order valence-electron chi connectivity index (χ2n) is 3.76. The lowest BCUT2D eigenvalue weighted by Crippen LogP contribution is -2.14. The van der Waals surface area contributed by atoms with Gasteiger partial charge in [-0.2, -0.15) is 0 Å².